The van der Waals surface area contributed by atoms with Gasteiger partial charge in [0.05, 0.1) is 0 Å². The SMILES string of the molecule is CNC1(C)CCN(S(=O)(=O)c2c(F)cc(F)cc2Br)CC1. The number of nitrogens with zero attached hydrogens (tertiary/aromatic N) is 1. The quantitative estimate of drug-likeness (QED) is 0.873. The molecule has 2 rings (SSSR count). The van der Waals surface area contributed by atoms with E-state index in [1.807, 2.05) is 14.0 Å². The Morgan fingerprint density at radius 1 is 1.29 bits per heavy atom. The summed E-state index contributed by atoms with van der Waals surface area (Å²) in [6, 6.07) is 1.54. The molecule has 1 N–H and O–H groups in total. The van der Waals surface area contributed by atoms with E-state index in [2.05, 4.69) is 21.2 Å². The molecular formula is C13H17BrF2N2O2S. The molecule has 21 heavy (non-hydrogen) atoms. The van der Waals surface area contributed by atoms with Gasteiger partial charge in [-0.1, -0.05) is 0 Å². The molecule has 1 aromatic carbocycles. The largest absolute Gasteiger partial charge is 0.314 e. The van der Waals surface area contributed by atoms with Crippen molar-refractivity contribution in [2.24, 2.45) is 0 Å². The lowest BCUT2D eigenvalue weighted by Gasteiger charge is -2.38. The van der Waals surface area contributed by atoms with Gasteiger partial charge in [0.2, 0.25) is 10.0 Å². The fourth-order valence-corrected chi connectivity index (χ4v) is 4.93. The second kappa shape index (κ2) is 5.91. The van der Waals surface area contributed by atoms with Gasteiger partial charge in [0.1, 0.15) is 16.5 Å². The number of benzene rings is 1. The summed E-state index contributed by atoms with van der Waals surface area (Å²) in [4.78, 5) is -0.503. The van der Waals surface area contributed by atoms with Crippen molar-refractivity contribution in [1.82, 2.24) is 9.62 Å². The molecule has 1 saturated heterocycles. The summed E-state index contributed by atoms with van der Waals surface area (Å²) >= 11 is 2.94. The number of sulfonamides is 1. The first-order valence-corrected chi connectivity index (χ1v) is 8.76. The summed E-state index contributed by atoms with van der Waals surface area (Å²) in [6.45, 7) is 2.61. The summed E-state index contributed by atoms with van der Waals surface area (Å²) in [5, 5.41) is 3.17. The molecule has 0 atom stereocenters. The molecule has 1 aliphatic heterocycles. The maximum atomic E-state index is 13.9. The number of halogens is 3. The molecule has 4 nitrogen and oxygen atoms in total. The summed E-state index contributed by atoms with van der Waals surface area (Å²) in [6.07, 6.45) is 1.26. The van der Waals surface area contributed by atoms with E-state index in [1.165, 1.54) is 4.31 Å². The standard InChI is InChI=1S/C13H17BrF2N2O2S/c1-13(17-2)3-5-18(6-4-13)21(19,20)12-10(14)7-9(15)8-11(12)16/h7-8,17H,3-6H2,1-2H3. The summed E-state index contributed by atoms with van der Waals surface area (Å²) in [5.41, 5.74) is -0.120. The van der Waals surface area contributed by atoms with E-state index < -0.39 is 26.6 Å². The highest BCUT2D eigenvalue weighted by atomic mass is 79.9. The van der Waals surface area contributed by atoms with E-state index in [9.17, 15) is 17.2 Å². The average molecular weight is 383 g/mol. The van der Waals surface area contributed by atoms with Gasteiger partial charge in [-0.25, -0.2) is 17.2 Å². The van der Waals surface area contributed by atoms with Crippen LogP contribution in [0.25, 0.3) is 0 Å². The zero-order chi connectivity index (χ0) is 15.8. The van der Waals surface area contributed by atoms with Crippen LogP contribution in [-0.4, -0.2) is 38.4 Å². The summed E-state index contributed by atoms with van der Waals surface area (Å²) < 4.78 is 53.2. The van der Waals surface area contributed by atoms with Crippen LogP contribution in [0.15, 0.2) is 21.5 Å². The van der Waals surface area contributed by atoms with Crippen molar-refractivity contribution < 1.29 is 17.2 Å². The third-order valence-corrected chi connectivity index (χ3v) is 6.85. The smallest absolute Gasteiger partial charge is 0.247 e. The zero-order valence-electron chi connectivity index (χ0n) is 11.8. The highest BCUT2D eigenvalue weighted by molar-refractivity contribution is 9.10. The Labute approximate surface area is 131 Å². The normalized spacial score (nSPS) is 19.7. The van der Waals surface area contributed by atoms with Gasteiger partial charge in [0.25, 0.3) is 0 Å². The molecule has 0 spiro atoms. The van der Waals surface area contributed by atoms with Gasteiger partial charge in [-0.2, -0.15) is 4.31 Å². The Morgan fingerprint density at radius 2 is 1.86 bits per heavy atom. The van der Waals surface area contributed by atoms with Gasteiger partial charge in [0, 0.05) is 29.2 Å². The number of piperidine rings is 1. The second-order valence-corrected chi connectivity index (χ2v) is 8.14. The highest BCUT2D eigenvalue weighted by Crippen LogP contribution is 2.32. The molecular weight excluding hydrogens is 366 g/mol. The van der Waals surface area contributed by atoms with Crippen molar-refractivity contribution in [3.8, 4) is 0 Å². The van der Waals surface area contributed by atoms with Crippen LogP contribution in [0.1, 0.15) is 19.8 Å². The van der Waals surface area contributed by atoms with E-state index in [0.717, 1.165) is 6.07 Å². The molecule has 0 bridgehead atoms. The van der Waals surface area contributed by atoms with E-state index in [-0.39, 0.29) is 10.0 Å². The molecule has 8 heteroatoms. The maximum Gasteiger partial charge on any atom is 0.247 e. The van der Waals surface area contributed by atoms with Crippen LogP contribution in [0.3, 0.4) is 0 Å². The lowest BCUT2D eigenvalue weighted by molar-refractivity contribution is 0.219. The van der Waals surface area contributed by atoms with Crippen LogP contribution in [-0.2, 0) is 10.0 Å². The van der Waals surface area contributed by atoms with Crippen LogP contribution >= 0.6 is 15.9 Å². The third-order valence-electron chi connectivity index (χ3n) is 3.99. The van der Waals surface area contributed by atoms with Gasteiger partial charge in [-0.3, -0.25) is 0 Å². The van der Waals surface area contributed by atoms with Gasteiger partial charge >= 0.3 is 0 Å². The highest BCUT2D eigenvalue weighted by Gasteiger charge is 2.36. The zero-order valence-corrected chi connectivity index (χ0v) is 14.2. The van der Waals surface area contributed by atoms with Gasteiger partial charge in [-0.15, -0.1) is 0 Å². The molecule has 0 aromatic heterocycles. The molecule has 1 fully saturated rings. The molecule has 0 unspecified atom stereocenters. The first kappa shape index (κ1) is 16.8. The molecule has 0 aliphatic carbocycles. The van der Waals surface area contributed by atoms with Gasteiger partial charge in [-0.05, 0) is 48.8 Å². The predicted molar refractivity (Wildman–Crippen MR) is 79.5 cm³/mol. The Balaban J connectivity index is 2.33. The minimum absolute atomic E-state index is 0.0954. The second-order valence-electron chi connectivity index (χ2n) is 5.41. The topological polar surface area (TPSA) is 49.4 Å². The number of hydrogen-bond donors (Lipinski definition) is 1. The van der Waals surface area contributed by atoms with Crippen molar-refractivity contribution in [3.63, 3.8) is 0 Å². The maximum absolute atomic E-state index is 13.9. The number of hydrogen-bond acceptors (Lipinski definition) is 3. The molecule has 0 amide bonds. The fraction of sp³-hybridized carbons (Fsp3) is 0.538. The van der Waals surface area contributed by atoms with E-state index in [1.54, 1.807) is 0 Å². The van der Waals surface area contributed by atoms with Crippen molar-refractivity contribution in [2.45, 2.75) is 30.2 Å². The van der Waals surface area contributed by atoms with Crippen LogP contribution < -0.4 is 5.32 Å². The van der Waals surface area contributed by atoms with Crippen LogP contribution in [0, 0.1) is 11.6 Å². The summed E-state index contributed by atoms with van der Waals surface area (Å²) in [7, 11) is -2.15. The first-order chi connectivity index (χ1) is 9.69. The molecule has 1 aromatic rings. The Kier molecular flexibility index (Phi) is 4.72. The van der Waals surface area contributed by atoms with Gasteiger partial charge in [0.15, 0.2) is 0 Å². The van der Waals surface area contributed by atoms with Crippen molar-refractivity contribution >= 4 is 26.0 Å². The lowest BCUT2D eigenvalue weighted by Crippen LogP contribution is -2.51. The minimum Gasteiger partial charge on any atom is -0.314 e. The van der Waals surface area contributed by atoms with E-state index in [0.29, 0.717) is 32.0 Å². The molecule has 0 radical (unpaired) electrons. The van der Waals surface area contributed by atoms with Crippen LogP contribution in [0.2, 0.25) is 0 Å². The first-order valence-electron chi connectivity index (χ1n) is 6.53. The molecule has 1 aliphatic rings. The fourth-order valence-electron chi connectivity index (χ4n) is 2.37. The van der Waals surface area contributed by atoms with Crippen molar-refractivity contribution in [1.29, 1.82) is 0 Å². The molecule has 0 saturated carbocycles. The lowest BCUT2D eigenvalue weighted by atomic mass is 9.91. The number of rotatable bonds is 3. The summed E-state index contributed by atoms with van der Waals surface area (Å²) in [5.74, 6) is -1.90. The predicted octanol–water partition coefficient (Wildman–Crippen LogP) is 2.49. The van der Waals surface area contributed by atoms with Crippen molar-refractivity contribution in [2.75, 3.05) is 20.1 Å². The van der Waals surface area contributed by atoms with Gasteiger partial charge < -0.3 is 5.32 Å². The monoisotopic (exact) mass is 382 g/mol. The van der Waals surface area contributed by atoms with Crippen LogP contribution in [0.5, 0.6) is 0 Å². The average Bonchev–Trinajstić information content (AvgIpc) is 2.37. The number of nitrogens with one attached hydrogen (secondary N) is 1. The third kappa shape index (κ3) is 3.28. The Bertz CT molecular complexity index is 621. The molecule has 1 heterocycles. The van der Waals surface area contributed by atoms with E-state index >= 15 is 0 Å². The van der Waals surface area contributed by atoms with Crippen LogP contribution in [0.4, 0.5) is 8.78 Å². The molecule has 118 valence electrons. The Morgan fingerprint density at radius 3 is 2.33 bits per heavy atom. The van der Waals surface area contributed by atoms with Crippen molar-refractivity contribution in [3.05, 3.63) is 28.2 Å². The van der Waals surface area contributed by atoms with E-state index in [4.69, 9.17) is 0 Å². The Hall–Kier alpha value is -0.570. The minimum atomic E-state index is -3.98.